The molecule has 0 aliphatic rings. The fourth-order valence-electron chi connectivity index (χ4n) is 2.71. The Kier molecular flexibility index (Phi) is 2.09. The average molecular weight is 264 g/mol. The van der Waals surface area contributed by atoms with Crippen LogP contribution in [0.3, 0.4) is 0 Å². The molecule has 4 nitrogen and oxygen atoms in total. The van der Waals surface area contributed by atoms with Gasteiger partial charge in [-0.1, -0.05) is 30.3 Å². The fourth-order valence-corrected chi connectivity index (χ4v) is 2.71. The van der Waals surface area contributed by atoms with E-state index in [1.165, 1.54) is 0 Å². The van der Waals surface area contributed by atoms with E-state index in [1.807, 2.05) is 42.5 Å². The fraction of sp³-hybridized carbons (Fsp3) is 0. The monoisotopic (exact) mass is 264 g/mol. The Morgan fingerprint density at radius 3 is 2.55 bits per heavy atom. The quantitative estimate of drug-likeness (QED) is 0.492. The number of H-pyrrole nitrogens is 1. The predicted molar refractivity (Wildman–Crippen MR) is 78.5 cm³/mol. The Morgan fingerprint density at radius 1 is 0.850 bits per heavy atom. The third-order valence-corrected chi connectivity index (χ3v) is 3.55. The van der Waals surface area contributed by atoms with Gasteiger partial charge in [-0.2, -0.15) is 0 Å². The lowest BCUT2D eigenvalue weighted by Crippen LogP contribution is -1.94. The van der Waals surface area contributed by atoms with Crippen molar-refractivity contribution in [1.82, 2.24) is 9.55 Å². The SMILES string of the molecule is Oc1cc2cccc(-n3c(O)cc4ccccc43)c2[nH]1. The molecule has 0 fully saturated rings. The van der Waals surface area contributed by atoms with E-state index in [-0.39, 0.29) is 11.8 Å². The zero-order valence-electron chi connectivity index (χ0n) is 10.5. The molecule has 0 atom stereocenters. The molecule has 4 rings (SSSR count). The number of nitrogens with one attached hydrogen (secondary N) is 1. The van der Waals surface area contributed by atoms with Gasteiger partial charge < -0.3 is 15.2 Å². The molecule has 2 heterocycles. The third-order valence-electron chi connectivity index (χ3n) is 3.55. The molecule has 4 aromatic rings. The summed E-state index contributed by atoms with van der Waals surface area (Å²) in [5, 5.41) is 21.7. The number of fused-ring (bicyclic) bond motifs is 2. The van der Waals surface area contributed by atoms with Crippen LogP contribution >= 0.6 is 0 Å². The molecular weight excluding hydrogens is 252 g/mol. The molecule has 0 saturated heterocycles. The van der Waals surface area contributed by atoms with Crippen LogP contribution in [0.1, 0.15) is 0 Å². The maximum Gasteiger partial charge on any atom is 0.196 e. The standard InChI is InChI=1S/C16H12N2O2/c19-14-8-11-5-3-7-13(16(11)17-14)18-12-6-2-1-4-10(12)9-15(18)20/h1-9,17,19-20H. The highest BCUT2D eigenvalue weighted by Crippen LogP contribution is 2.33. The first-order chi connectivity index (χ1) is 9.74. The molecule has 0 radical (unpaired) electrons. The van der Waals surface area contributed by atoms with Crippen LogP contribution in [0.4, 0.5) is 0 Å². The van der Waals surface area contributed by atoms with Gasteiger partial charge in [0.25, 0.3) is 0 Å². The van der Waals surface area contributed by atoms with Crippen LogP contribution in [0.15, 0.2) is 54.6 Å². The molecule has 2 aromatic carbocycles. The number of aromatic hydroxyl groups is 2. The van der Waals surface area contributed by atoms with Gasteiger partial charge in [0.1, 0.15) is 0 Å². The van der Waals surface area contributed by atoms with E-state index in [4.69, 9.17) is 0 Å². The summed E-state index contributed by atoms with van der Waals surface area (Å²) in [5.41, 5.74) is 2.52. The largest absolute Gasteiger partial charge is 0.495 e. The third kappa shape index (κ3) is 1.42. The Labute approximate surface area is 114 Å². The van der Waals surface area contributed by atoms with E-state index in [2.05, 4.69) is 4.98 Å². The summed E-state index contributed by atoms with van der Waals surface area (Å²) in [6.07, 6.45) is 0. The number of rotatable bonds is 1. The lowest BCUT2D eigenvalue weighted by molar-refractivity contribution is 0.445. The molecule has 0 amide bonds. The van der Waals surface area contributed by atoms with E-state index in [0.717, 1.165) is 27.5 Å². The topological polar surface area (TPSA) is 61.2 Å². The van der Waals surface area contributed by atoms with Gasteiger partial charge in [0.2, 0.25) is 0 Å². The summed E-state index contributed by atoms with van der Waals surface area (Å²) in [6, 6.07) is 16.9. The first-order valence-corrected chi connectivity index (χ1v) is 6.34. The van der Waals surface area contributed by atoms with Gasteiger partial charge >= 0.3 is 0 Å². The second-order valence-corrected chi connectivity index (χ2v) is 4.79. The number of nitrogens with zero attached hydrogens (tertiary/aromatic N) is 1. The van der Waals surface area contributed by atoms with Crippen molar-refractivity contribution in [1.29, 1.82) is 0 Å². The van der Waals surface area contributed by atoms with Crippen molar-refractivity contribution in [3.8, 4) is 17.4 Å². The smallest absolute Gasteiger partial charge is 0.196 e. The van der Waals surface area contributed by atoms with Crippen LogP contribution in [0.2, 0.25) is 0 Å². The maximum absolute atomic E-state index is 10.2. The molecule has 0 bridgehead atoms. The molecular formula is C16H12N2O2. The number of hydrogen-bond donors (Lipinski definition) is 3. The molecule has 0 spiro atoms. The van der Waals surface area contributed by atoms with Crippen LogP contribution in [-0.2, 0) is 0 Å². The minimum Gasteiger partial charge on any atom is -0.495 e. The summed E-state index contributed by atoms with van der Waals surface area (Å²) in [7, 11) is 0. The zero-order chi connectivity index (χ0) is 13.7. The van der Waals surface area contributed by atoms with E-state index in [9.17, 15) is 10.2 Å². The normalized spacial score (nSPS) is 11.4. The van der Waals surface area contributed by atoms with Gasteiger partial charge in [0.15, 0.2) is 11.8 Å². The van der Waals surface area contributed by atoms with Crippen LogP contribution < -0.4 is 0 Å². The summed E-state index contributed by atoms with van der Waals surface area (Å²) >= 11 is 0. The molecule has 98 valence electrons. The van der Waals surface area contributed by atoms with Gasteiger partial charge in [-0.05, 0) is 12.1 Å². The van der Waals surface area contributed by atoms with Crippen molar-refractivity contribution in [3.05, 3.63) is 54.6 Å². The Morgan fingerprint density at radius 2 is 1.65 bits per heavy atom. The molecule has 0 aliphatic heterocycles. The van der Waals surface area contributed by atoms with Crippen LogP contribution in [0, 0.1) is 0 Å². The van der Waals surface area contributed by atoms with Crippen LogP contribution in [-0.4, -0.2) is 19.8 Å². The molecule has 0 unspecified atom stereocenters. The highest BCUT2D eigenvalue weighted by atomic mass is 16.3. The van der Waals surface area contributed by atoms with Gasteiger partial charge in [-0.3, -0.25) is 4.57 Å². The average Bonchev–Trinajstić information content (AvgIpc) is 2.96. The van der Waals surface area contributed by atoms with E-state index >= 15 is 0 Å². The van der Waals surface area contributed by atoms with Crippen molar-refractivity contribution in [2.45, 2.75) is 0 Å². The highest BCUT2D eigenvalue weighted by Gasteiger charge is 2.13. The Balaban J connectivity index is 2.13. The molecule has 0 saturated carbocycles. The van der Waals surface area contributed by atoms with E-state index in [0.29, 0.717) is 0 Å². The van der Waals surface area contributed by atoms with Gasteiger partial charge in [0, 0.05) is 22.9 Å². The number of aromatic nitrogens is 2. The summed E-state index contributed by atoms with van der Waals surface area (Å²) in [6.45, 7) is 0. The molecule has 20 heavy (non-hydrogen) atoms. The lowest BCUT2D eigenvalue weighted by atomic mass is 10.2. The van der Waals surface area contributed by atoms with E-state index < -0.39 is 0 Å². The van der Waals surface area contributed by atoms with Gasteiger partial charge in [-0.15, -0.1) is 0 Å². The van der Waals surface area contributed by atoms with Crippen molar-refractivity contribution in [3.63, 3.8) is 0 Å². The molecule has 3 N–H and O–H groups in total. The Hall–Kier alpha value is -2.88. The van der Waals surface area contributed by atoms with E-state index in [1.54, 1.807) is 16.7 Å². The first-order valence-electron chi connectivity index (χ1n) is 6.34. The Bertz CT molecular complexity index is 934. The first kappa shape index (κ1) is 11.0. The second kappa shape index (κ2) is 3.81. The van der Waals surface area contributed by atoms with Gasteiger partial charge in [0.05, 0.1) is 16.7 Å². The summed E-state index contributed by atoms with van der Waals surface area (Å²) in [5.74, 6) is 0.288. The number of para-hydroxylation sites is 2. The zero-order valence-corrected chi connectivity index (χ0v) is 10.5. The highest BCUT2D eigenvalue weighted by molar-refractivity contribution is 5.92. The number of hydrogen-bond acceptors (Lipinski definition) is 2. The molecule has 0 aliphatic carbocycles. The maximum atomic E-state index is 10.2. The van der Waals surface area contributed by atoms with Crippen LogP contribution in [0.25, 0.3) is 27.5 Å². The number of benzene rings is 2. The minimum atomic E-state index is 0.114. The molecule has 2 aromatic heterocycles. The predicted octanol–water partition coefficient (Wildman–Crippen LogP) is 3.52. The minimum absolute atomic E-state index is 0.114. The molecule has 4 heteroatoms. The van der Waals surface area contributed by atoms with Crippen molar-refractivity contribution in [2.24, 2.45) is 0 Å². The summed E-state index contributed by atoms with van der Waals surface area (Å²) in [4.78, 5) is 2.93. The lowest BCUT2D eigenvalue weighted by Gasteiger charge is -2.08. The van der Waals surface area contributed by atoms with Gasteiger partial charge in [-0.25, -0.2) is 0 Å². The van der Waals surface area contributed by atoms with Crippen LogP contribution in [0.5, 0.6) is 11.8 Å². The van der Waals surface area contributed by atoms with Crippen molar-refractivity contribution in [2.75, 3.05) is 0 Å². The summed E-state index contributed by atoms with van der Waals surface area (Å²) < 4.78 is 1.77. The van der Waals surface area contributed by atoms with Crippen molar-refractivity contribution < 1.29 is 10.2 Å². The number of aromatic amines is 1. The van der Waals surface area contributed by atoms with Crippen molar-refractivity contribution >= 4 is 21.8 Å². The second-order valence-electron chi connectivity index (χ2n) is 4.79.